The first-order valence-corrected chi connectivity index (χ1v) is 9.85. The summed E-state index contributed by atoms with van der Waals surface area (Å²) in [7, 11) is 0. The molecule has 2 aromatic rings. The monoisotopic (exact) mass is 373 g/mol. The molecule has 1 aliphatic heterocycles. The Morgan fingerprint density at radius 3 is 2.81 bits per heavy atom. The Bertz CT molecular complexity index is 775. The van der Waals surface area contributed by atoms with E-state index in [4.69, 9.17) is 4.74 Å². The summed E-state index contributed by atoms with van der Waals surface area (Å²) in [6.07, 6.45) is 4.43. The quantitative estimate of drug-likeness (QED) is 0.722. The number of ether oxygens (including phenoxy) is 1. The number of fused-ring (bicyclic) bond motifs is 1. The van der Waals surface area contributed by atoms with E-state index in [2.05, 4.69) is 34.4 Å². The molecule has 3 rings (SSSR count). The maximum Gasteiger partial charge on any atom is 0.410 e. The Balaban J connectivity index is 1.66. The topological polar surface area (TPSA) is 45.7 Å². The highest BCUT2D eigenvalue weighted by Crippen LogP contribution is 2.29. The summed E-state index contributed by atoms with van der Waals surface area (Å²) >= 11 is 1.76. The van der Waals surface area contributed by atoms with Gasteiger partial charge in [-0.1, -0.05) is 6.07 Å². The molecule has 0 N–H and O–H groups in total. The van der Waals surface area contributed by atoms with Crippen molar-refractivity contribution in [1.29, 1.82) is 0 Å². The van der Waals surface area contributed by atoms with Crippen molar-refractivity contribution >= 4 is 28.8 Å². The van der Waals surface area contributed by atoms with Gasteiger partial charge in [-0.05, 0) is 69.6 Å². The molecule has 1 aromatic heterocycles. The van der Waals surface area contributed by atoms with Crippen LogP contribution in [0.2, 0.25) is 0 Å². The second-order valence-electron chi connectivity index (χ2n) is 7.75. The first-order valence-electron chi connectivity index (χ1n) is 9.08. The highest BCUT2D eigenvalue weighted by molar-refractivity contribution is 7.97. The van der Waals surface area contributed by atoms with Crippen LogP contribution in [0.4, 0.5) is 4.79 Å². The second-order valence-corrected chi connectivity index (χ2v) is 8.87. The van der Waals surface area contributed by atoms with Crippen LogP contribution in [-0.2, 0) is 4.74 Å². The van der Waals surface area contributed by atoms with Crippen LogP contribution in [0.25, 0.3) is 10.8 Å². The van der Waals surface area contributed by atoms with Crippen LogP contribution < -0.4 is 0 Å². The van der Waals surface area contributed by atoms with Gasteiger partial charge in [0, 0.05) is 48.4 Å². The zero-order valence-corrected chi connectivity index (χ0v) is 16.8. The van der Waals surface area contributed by atoms with Crippen molar-refractivity contribution in [3.63, 3.8) is 0 Å². The van der Waals surface area contributed by atoms with E-state index in [9.17, 15) is 4.79 Å². The van der Waals surface area contributed by atoms with Gasteiger partial charge < -0.3 is 9.64 Å². The van der Waals surface area contributed by atoms with Crippen LogP contribution >= 0.6 is 11.9 Å². The van der Waals surface area contributed by atoms with E-state index in [1.54, 1.807) is 11.9 Å². The van der Waals surface area contributed by atoms with Crippen LogP contribution in [0.15, 0.2) is 41.6 Å². The van der Waals surface area contributed by atoms with Crippen molar-refractivity contribution < 1.29 is 9.53 Å². The minimum Gasteiger partial charge on any atom is -0.444 e. The Hall–Kier alpha value is -1.79. The Morgan fingerprint density at radius 2 is 2.04 bits per heavy atom. The van der Waals surface area contributed by atoms with E-state index >= 15 is 0 Å². The van der Waals surface area contributed by atoms with E-state index in [0.717, 1.165) is 24.9 Å². The van der Waals surface area contributed by atoms with Crippen molar-refractivity contribution in [3.05, 3.63) is 36.7 Å². The smallest absolute Gasteiger partial charge is 0.410 e. The van der Waals surface area contributed by atoms with Gasteiger partial charge >= 0.3 is 6.09 Å². The standard InChI is InChI=1S/C20H27N3O2S/c1-15-14-22(19(24)25-20(2,3)4)10-5-11-23(15)26-18-7-6-17-13-21-9-8-16(17)12-18/h6-9,12-13,15H,5,10-11,14H2,1-4H3. The number of hydrogen-bond donors (Lipinski definition) is 0. The summed E-state index contributed by atoms with van der Waals surface area (Å²) < 4.78 is 7.91. The molecule has 1 fully saturated rings. The zero-order chi connectivity index (χ0) is 18.7. The van der Waals surface area contributed by atoms with Gasteiger partial charge in [0.05, 0.1) is 0 Å². The minimum absolute atomic E-state index is 0.214. The van der Waals surface area contributed by atoms with Crippen molar-refractivity contribution in [2.45, 2.75) is 50.7 Å². The molecule has 1 amide bonds. The Morgan fingerprint density at radius 1 is 1.23 bits per heavy atom. The van der Waals surface area contributed by atoms with E-state index in [0.29, 0.717) is 6.54 Å². The van der Waals surface area contributed by atoms with Crippen molar-refractivity contribution in [3.8, 4) is 0 Å². The van der Waals surface area contributed by atoms with Crippen LogP contribution in [0.3, 0.4) is 0 Å². The Kier molecular flexibility index (Phi) is 5.73. The molecule has 6 heteroatoms. The Labute approximate surface area is 159 Å². The van der Waals surface area contributed by atoms with Gasteiger partial charge in [0.25, 0.3) is 0 Å². The molecule has 1 aliphatic rings. The summed E-state index contributed by atoms with van der Waals surface area (Å²) in [5.41, 5.74) is -0.457. The third-order valence-electron chi connectivity index (χ3n) is 4.27. The summed E-state index contributed by atoms with van der Waals surface area (Å²) in [5, 5.41) is 2.35. The maximum atomic E-state index is 12.4. The van der Waals surface area contributed by atoms with Gasteiger partial charge in [0.1, 0.15) is 5.60 Å². The molecular formula is C20H27N3O2S. The fraction of sp³-hybridized carbons (Fsp3) is 0.500. The molecule has 26 heavy (non-hydrogen) atoms. The number of carbonyl (C=O) groups is 1. The maximum absolute atomic E-state index is 12.4. The van der Waals surface area contributed by atoms with Gasteiger partial charge in [0.2, 0.25) is 0 Å². The molecular weight excluding hydrogens is 346 g/mol. The van der Waals surface area contributed by atoms with Crippen molar-refractivity contribution in [1.82, 2.24) is 14.2 Å². The van der Waals surface area contributed by atoms with E-state index in [1.807, 2.05) is 44.1 Å². The molecule has 1 saturated heterocycles. The average molecular weight is 374 g/mol. The van der Waals surface area contributed by atoms with Gasteiger partial charge in [0.15, 0.2) is 0 Å². The second kappa shape index (κ2) is 7.84. The van der Waals surface area contributed by atoms with Crippen LogP contribution in [0.1, 0.15) is 34.1 Å². The van der Waals surface area contributed by atoms with E-state index in [1.165, 1.54) is 10.3 Å². The lowest BCUT2D eigenvalue weighted by Gasteiger charge is -2.29. The van der Waals surface area contributed by atoms with Crippen LogP contribution in [0.5, 0.6) is 0 Å². The highest BCUT2D eigenvalue weighted by Gasteiger charge is 2.28. The number of hydrogen-bond acceptors (Lipinski definition) is 5. The number of nitrogens with zero attached hydrogens (tertiary/aromatic N) is 3. The fourth-order valence-electron chi connectivity index (χ4n) is 3.02. The highest BCUT2D eigenvalue weighted by atomic mass is 32.2. The predicted octanol–water partition coefficient (Wildman–Crippen LogP) is 4.57. The molecule has 0 radical (unpaired) electrons. The number of carbonyl (C=O) groups excluding carboxylic acids is 1. The lowest BCUT2D eigenvalue weighted by Crippen LogP contribution is -2.41. The fourth-order valence-corrected chi connectivity index (χ4v) is 4.07. The van der Waals surface area contributed by atoms with Crippen molar-refractivity contribution in [2.75, 3.05) is 19.6 Å². The first-order chi connectivity index (χ1) is 12.3. The molecule has 0 bridgehead atoms. The lowest BCUT2D eigenvalue weighted by molar-refractivity contribution is 0.0245. The van der Waals surface area contributed by atoms with Gasteiger partial charge in [-0.2, -0.15) is 0 Å². The molecule has 0 aliphatic carbocycles. The third kappa shape index (κ3) is 4.89. The van der Waals surface area contributed by atoms with Gasteiger partial charge in [-0.25, -0.2) is 9.10 Å². The normalized spacial score (nSPS) is 19.4. The number of aromatic nitrogens is 1. The van der Waals surface area contributed by atoms with Gasteiger partial charge in [-0.3, -0.25) is 4.98 Å². The number of amides is 1. The third-order valence-corrected chi connectivity index (χ3v) is 5.51. The summed E-state index contributed by atoms with van der Waals surface area (Å²) in [6.45, 7) is 10.2. The summed E-state index contributed by atoms with van der Waals surface area (Å²) in [6, 6.07) is 8.74. The molecule has 1 atom stereocenters. The summed E-state index contributed by atoms with van der Waals surface area (Å²) in [4.78, 5) is 19.6. The molecule has 5 nitrogen and oxygen atoms in total. The van der Waals surface area contributed by atoms with Crippen molar-refractivity contribution in [2.24, 2.45) is 0 Å². The largest absolute Gasteiger partial charge is 0.444 e. The predicted molar refractivity (Wildman–Crippen MR) is 106 cm³/mol. The molecule has 1 unspecified atom stereocenters. The number of benzene rings is 1. The SMILES string of the molecule is CC1CN(C(=O)OC(C)(C)C)CCCN1Sc1ccc2cnccc2c1. The summed E-state index contributed by atoms with van der Waals surface area (Å²) in [5.74, 6) is 0. The lowest BCUT2D eigenvalue weighted by atomic mass is 10.2. The molecule has 1 aromatic carbocycles. The number of rotatable bonds is 2. The minimum atomic E-state index is -0.457. The van der Waals surface area contributed by atoms with Crippen LogP contribution in [-0.4, -0.2) is 51.6 Å². The van der Waals surface area contributed by atoms with Crippen LogP contribution in [0, 0.1) is 0 Å². The zero-order valence-electron chi connectivity index (χ0n) is 15.9. The van der Waals surface area contributed by atoms with E-state index in [-0.39, 0.29) is 12.1 Å². The number of pyridine rings is 1. The molecule has 140 valence electrons. The van der Waals surface area contributed by atoms with E-state index < -0.39 is 5.60 Å². The first kappa shape index (κ1) is 19.0. The van der Waals surface area contributed by atoms with Gasteiger partial charge in [-0.15, -0.1) is 0 Å². The molecule has 0 spiro atoms. The molecule has 2 heterocycles. The average Bonchev–Trinajstić information content (AvgIpc) is 2.75. The molecule has 0 saturated carbocycles.